The van der Waals surface area contributed by atoms with E-state index >= 15 is 0 Å². The van der Waals surface area contributed by atoms with Gasteiger partial charge in [0.05, 0.1) is 0 Å². The Bertz CT molecular complexity index is 1200. The Kier molecular flexibility index (Phi) is 13.4. The minimum Gasteiger partial charge on any atom is -0.479 e. The molecule has 280 valence electrons. The largest absolute Gasteiger partial charge is 0.479 e. The van der Waals surface area contributed by atoms with Crippen LogP contribution in [0.4, 0.5) is 0 Å². The number of hydrogen-bond donors (Lipinski definition) is 14. The molecule has 0 aromatic carbocycles. The van der Waals surface area contributed by atoms with Gasteiger partial charge in [0.15, 0.2) is 49.6 Å². The van der Waals surface area contributed by atoms with Gasteiger partial charge in [0.2, 0.25) is 0 Å². The Labute approximate surface area is 271 Å². The maximum Gasteiger partial charge on any atom is 0.335 e. The van der Waals surface area contributed by atoms with Crippen LogP contribution in [0.2, 0.25) is 0 Å². The van der Waals surface area contributed by atoms with E-state index in [1.807, 2.05) is 0 Å². The van der Waals surface area contributed by atoms with Gasteiger partial charge in [-0.25, -0.2) is 19.2 Å². The Morgan fingerprint density at radius 2 is 0.939 bits per heavy atom. The molecular weight excluding hydrogens is 688 g/mol. The predicted molar refractivity (Wildman–Crippen MR) is 137 cm³/mol. The van der Waals surface area contributed by atoms with Gasteiger partial charge in [0, 0.05) is 0 Å². The molecule has 3 heterocycles. The van der Waals surface area contributed by atoms with Crippen LogP contribution in [-0.2, 0) is 52.4 Å². The van der Waals surface area contributed by atoms with E-state index in [9.17, 15) is 90.4 Å². The fourth-order valence-electron chi connectivity index (χ4n) is 4.99. The van der Waals surface area contributed by atoms with Gasteiger partial charge in [-0.05, 0) is 0 Å². The summed E-state index contributed by atoms with van der Waals surface area (Å²) in [4.78, 5) is 57.6. The quantitative estimate of drug-likeness (QED) is 0.0740. The molecule has 0 amide bonds. The lowest BCUT2D eigenvalue weighted by Crippen LogP contribution is -2.68. The zero-order valence-electron chi connectivity index (χ0n) is 24.3. The third-order valence-corrected chi connectivity index (χ3v) is 7.65. The number of carbonyl (C=O) groups excluding carboxylic acids is 1. The van der Waals surface area contributed by atoms with Crippen LogP contribution in [-0.4, -0.2) is 218 Å². The molecule has 0 spiro atoms. The second-order valence-corrected chi connectivity index (χ2v) is 10.9. The van der Waals surface area contributed by atoms with Crippen LogP contribution in [0.5, 0.6) is 0 Å². The first kappa shape index (κ1) is 40.3. The van der Waals surface area contributed by atoms with Gasteiger partial charge >= 0.3 is 23.9 Å². The molecule has 25 nitrogen and oxygen atoms in total. The summed E-state index contributed by atoms with van der Waals surface area (Å²) in [6.07, 6.45) is -46.0. The molecule has 0 bridgehead atoms. The SMILES string of the molecule is O=C[C@H](O)[C@@H](O)[C@@H](O[C@H]1O[C@H](C(=O)O)[C@H](O[C@H]2O[C@H](C(=O)O)[C@H](O[C@H]3O[C@H](C(=O)O)[C@H](O)[C@H](O)[C@H]3O)[C@H](O)[C@H]2O)[C@H](O)[C@H]1O)[C@H](O)C(=O)O. The molecule has 0 aromatic rings. The van der Waals surface area contributed by atoms with Crippen molar-refractivity contribution >= 4 is 30.2 Å². The van der Waals surface area contributed by atoms with Crippen LogP contribution < -0.4 is 0 Å². The number of ether oxygens (including phenoxy) is 6. The zero-order chi connectivity index (χ0) is 37.2. The van der Waals surface area contributed by atoms with Crippen molar-refractivity contribution in [1.82, 2.24) is 0 Å². The lowest BCUT2D eigenvalue weighted by atomic mass is 9.95. The molecule has 0 saturated carbocycles. The zero-order valence-corrected chi connectivity index (χ0v) is 24.3. The van der Waals surface area contributed by atoms with Crippen molar-refractivity contribution in [3.05, 3.63) is 0 Å². The van der Waals surface area contributed by atoms with Crippen LogP contribution in [0.3, 0.4) is 0 Å². The molecule has 3 aliphatic heterocycles. The van der Waals surface area contributed by atoms with E-state index in [0.29, 0.717) is 0 Å². The summed E-state index contributed by atoms with van der Waals surface area (Å²) in [7, 11) is 0. The minimum atomic E-state index is -2.74. The highest BCUT2D eigenvalue weighted by molar-refractivity contribution is 5.75. The Balaban J connectivity index is 1.83. The highest BCUT2D eigenvalue weighted by Gasteiger charge is 2.57. The summed E-state index contributed by atoms with van der Waals surface area (Å²) in [6, 6.07) is 0. The van der Waals surface area contributed by atoms with E-state index in [0.717, 1.165) is 0 Å². The maximum absolute atomic E-state index is 12.1. The van der Waals surface area contributed by atoms with E-state index in [2.05, 4.69) is 0 Å². The number of hydrogen-bond acceptors (Lipinski definition) is 21. The Morgan fingerprint density at radius 3 is 1.35 bits per heavy atom. The lowest BCUT2D eigenvalue weighted by molar-refractivity contribution is -0.373. The summed E-state index contributed by atoms with van der Waals surface area (Å²) in [5.41, 5.74) is 0. The number of carboxylic acids is 4. The number of aldehydes is 1. The van der Waals surface area contributed by atoms with Gasteiger partial charge in [-0.15, -0.1) is 0 Å². The van der Waals surface area contributed by atoms with Gasteiger partial charge in [0.25, 0.3) is 0 Å². The first-order valence-corrected chi connectivity index (χ1v) is 13.8. The summed E-state index contributed by atoms with van der Waals surface area (Å²) in [5, 5.41) is 140. The molecule has 0 aromatic heterocycles. The van der Waals surface area contributed by atoms with Gasteiger partial charge in [-0.2, -0.15) is 0 Å². The third-order valence-electron chi connectivity index (χ3n) is 7.65. The first-order valence-electron chi connectivity index (χ1n) is 13.8. The summed E-state index contributed by atoms with van der Waals surface area (Å²) in [5.74, 6) is -7.98. The van der Waals surface area contributed by atoms with Crippen molar-refractivity contribution < 1.29 is 124 Å². The van der Waals surface area contributed by atoms with Crippen LogP contribution in [0, 0.1) is 0 Å². The van der Waals surface area contributed by atoms with Crippen molar-refractivity contribution in [2.75, 3.05) is 0 Å². The molecule has 3 fully saturated rings. The maximum atomic E-state index is 12.1. The van der Waals surface area contributed by atoms with Gasteiger partial charge < -0.3 is 105 Å². The average molecular weight is 723 g/mol. The van der Waals surface area contributed by atoms with Crippen molar-refractivity contribution in [2.24, 2.45) is 0 Å². The number of rotatable bonds is 14. The molecule has 3 aliphatic rings. The van der Waals surface area contributed by atoms with Crippen LogP contribution >= 0.6 is 0 Å². The van der Waals surface area contributed by atoms with Crippen molar-refractivity contribution in [2.45, 2.75) is 117 Å². The summed E-state index contributed by atoms with van der Waals surface area (Å²) in [6.45, 7) is 0. The number of aliphatic hydroxyl groups is 10. The standard InChI is InChI=1S/C24H34O25/c25-1-2(26)3(27)12(11(35)18(36)37)44-23-9(33)6(30)14(16(48-23)20(40)41)46-24-10(34)7(31)13(17(49-24)21(42)43)45-22-8(32)4(28)5(29)15(47-22)19(38)39/h1-17,22-24,26-35H,(H,36,37)(H,38,39)(H,40,41)(H,42,43)/t2-,3+,4-,5+,6+,7+,8+,9+,10+,11-,12+,13+,14+,15-,16-,17-,22-,23-,24-/m0/s1. The summed E-state index contributed by atoms with van der Waals surface area (Å²) < 4.78 is 30.3. The highest BCUT2D eigenvalue weighted by atomic mass is 16.8. The minimum absolute atomic E-state index is 0.290. The topological polar surface area (TPSA) is 424 Å². The molecule has 3 rings (SSSR count). The predicted octanol–water partition coefficient (Wildman–Crippen LogP) is -9.54. The molecule has 19 atom stereocenters. The lowest BCUT2D eigenvalue weighted by Gasteiger charge is -2.47. The normalized spacial score (nSPS) is 42.3. The molecule has 14 N–H and O–H groups in total. The van der Waals surface area contributed by atoms with Gasteiger partial charge in [0.1, 0.15) is 73.2 Å². The second kappa shape index (κ2) is 16.3. The summed E-state index contributed by atoms with van der Waals surface area (Å²) >= 11 is 0. The highest BCUT2D eigenvalue weighted by Crippen LogP contribution is 2.33. The Morgan fingerprint density at radius 1 is 0.551 bits per heavy atom. The molecule has 49 heavy (non-hydrogen) atoms. The van der Waals surface area contributed by atoms with E-state index in [1.54, 1.807) is 0 Å². The Hall–Kier alpha value is -3.09. The molecule has 0 radical (unpaired) electrons. The fraction of sp³-hybridized carbons (Fsp3) is 0.792. The number of carbonyl (C=O) groups is 5. The smallest absolute Gasteiger partial charge is 0.335 e. The van der Waals surface area contributed by atoms with Crippen LogP contribution in [0.25, 0.3) is 0 Å². The average Bonchev–Trinajstić information content (AvgIpc) is 3.04. The van der Waals surface area contributed by atoms with E-state index in [4.69, 9.17) is 33.5 Å². The number of carboxylic acid groups (broad SMARTS) is 4. The number of aliphatic carboxylic acids is 4. The van der Waals surface area contributed by atoms with Gasteiger partial charge in [-0.1, -0.05) is 0 Å². The molecule has 25 heteroatoms. The third kappa shape index (κ3) is 8.45. The van der Waals surface area contributed by atoms with Crippen LogP contribution in [0.15, 0.2) is 0 Å². The monoisotopic (exact) mass is 722 g/mol. The molecular formula is C24H34O25. The first-order chi connectivity index (χ1) is 22.7. The van der Waals surface area contributed by atoms with Crippen molar-refractivity contribution in [3.8, 4) is 0 Å². The fourth-order valence-corrected chi connectivity index (χ4v) is 4.99. The second-order valence-electron chi connectivity index (χ2n) is 10.9. The van der Waals surface area contributed by atoms with Crippen molar-refractivity contribution in [1.29, 1.82) is 0 Å². The number of aliphatic hydroxyl groups excluding tert-OH is 10. The van der Waals surface area contributed by atoms with Crippen molar-refractivity contribution in [3.63, 3.8) is 0 Å². The molecule has 3 saturated heterocycles. The molecule has 0 unspecified atom stereocenters. The van der Waals surface area contributed by atoms with Gasteiger partial charge in [-0.3, -0.25) is 0 Å². The van der Waals surface area contributed by atoms with E-state index in [1.165, 1.54) is 0 Å². The van der Waals surface area contributed by atoms with E-state index in [-0.39, 0.29) is 6.29 Å². The van der Waals surface area contributed by atoms with E-state index < -0.39 is 140 Å². The van der Waals surface area contributed by atoms with Crippen LogP contribution in [0.1, 0.15) is 0 Å². The molecule has 0 aliphatic carbocycles.